The van der Waals surface area contributed by atoms with Gasteiger partial charge in [-0.2, -0.15) is 0 Å². The van der Waals surface area contributed by atoms with Crippen LogP contribution in [0.5, 0.6) is 0 Å². The minimum Gasteiger partial charge on any atom is -0.449 e. The molecule has 3 saturated heterocycles. The molecule has 0 bridgehead atoms. The largest absolute Gasteiger partial charge is 0.449 e. The third-order valence-electron chi connectivity index (χ3n) is 10.4. The molecular weight excluding hydrogens is 732 g/mol. The van der Waals surface area contributed by atoms with Crippen LogP contribution in [0.1, 0.15) is 48.8 Å². The van der Waals surface area contributed by atoms with Crippen LogP contribution >= 0.6 is 0 Å². The second kappa shape index (κ2) is 20.7. The molecule has 1 unspecified atom stereocenters. The third-order valence-corrected chi connectivity index (χ3v) is 10.4. The molecule has 3 fully saturated rings. The summed E-state index contributed by atoms with van der Waals surface area (Å²) in [5.41, 5.74) is 15.5. The molecule has 6 rings (SSSR count). The summed E-state index contributed by atoms with van der Waals surface area (Å²) < 4.78 is 24.1. The molecule has 3 aliphatic rings. The normalized spacial score (nSPS) is 20.3. The van der Waals surface area contributed by atoms with Crippen LogP contribution in [-0.2, 0) is 38.6 Å². The van der Waals surface area contributed by atoms with Gasteiger partial charge in [-0.05, 0) is 73.1 Å². The van der Waals surface area contributed by atoms with Crippen LogP contribution in [0.15, 0.2) is 78.9 Å². The molecule has 0 aromatic heterocycles. The average Bonchev–Trinajstić information content (AvgIpc) is 3.23. The van der Waals surface area contributed by atoms with Gasteiger partial charge in [0, 0.05) is 68.6 Å². The van der Waals surface area contributed by atoms with Gasteiger partial charge in [-0.15, -0.1) is 0 Å². The summed E-state index contributed by atoms with van der Waals surface area (Å²) in [6.07, 6.45) is 0.0776. The van der Waals surface area contributed by atoms with Gasteiger partial charge in [-0.25, -0.2) is 19.2 Å². The number of anilines is 2. The molecule has 0 aliphatic carbocycles. The van der Waals surface area contributed by atoms with Crippen molar-refractivity contribution in [3.05, 3.63) is 95.6 Å². The van der Waals surface area contributed by atoms with Crippen molar-refractivity contribution in [3.8, 4) is 0 Å². The highest BCUT2D eigenvalue weighted by molar-refractivity contribution is 5.90. The van der Waals surface area contributed by atoms with Crippen molar-refractivity contribution in [1.82, 2.24) is 20.4 Å². The van der Waals surface area contributed by atoms with E-state index in [1.807, 2.05) is 66.7 Å². The number of nitrogens with two attached hydrogens (primary N) is 2. The Kier molecular flexibility index (Phi) is 14.9. The summed E-state index contributed by atoms with van der Waals surface area (Å²) in [5, 5.41) is 11.7. The fourth-order valence-corrected chi connectivity index (χ4v) is 7.19. The molecule has 6 amide bonds. The first kappa shape index (κ1) is 41.2. The van der Waals surface area contributed by atoms with Crippen molar-refractivity contribution in [1.29, 1.82) is 0 Å². The molecule has 16 heteroatoms. The second-order valence-corrected chi connectivity index (χ2v) is 14.5. The predicted molar refractivity (Wildman–Crippen MR) is 213 cm³/mol. The smallest absolute Gasteiger partial charge is 0.412 e. The molecule has 0 saturated carbocycles. The lowest BCUT2D eigenvalue weighted by atomic mass is 9.96. The van der Waals surface area contributed by atoms with Gasteiger partial charge in [0.05, 0.1) is 19.8 Å². The fraction of sp³-hybridized carbons (Fsp3) is 0.463. The van der Waals surface area contributed by atoms with Crippen LogP contribution < -0.4 is 32.7 Å². The van der Waals surface area contributed by atoms with Crippen molar-refractivity contribution in [3.63, 3.8) is 0 Å². The van der Waals surface area contributed by atoms with Crippen molar-refractivity contribution in [2.24, 2.45) is 17.4 Å². The molecule has 306 valence electrons. The van der Waals surface area contributed by atoms with E-state index < -0.39 is 24.6 Å². The van der Waals surface area contributed by atoms with Gasteiger partial charge in [0.25, 0.3) is 0 Å². The molecule has 3 aromatic rings. The Morgan fingerprint density at radius 2 is 1.19 bits per heavy atom. The predicted octanol–water partition coefficient (Wildman–Crippen LogP) is 4.70. The number of carbonyl (C=O) groups is 4. The Balaban J connectivity index is 0.967. The molecule has 0 spiro atoms. The zero-order valence-corrected chi connectivity index (χ0v) is 32.1. The summed E-state index contributed by atoms with van der Waals surface area (Å²) in [5.74, 6) is -0.302. The zero-order valence-electron chi connectivity index (χ0n) is 32.1. The number of amides is 6. The first-order valence-electron chi connectivity index (χ1n) is 19.6. The number of nitrogens with zero attached hydrogens (tertiary/aromatic N) is 2. The van der Waals surface area contributed by atoms with E-state index in [-0.39, 0.29) is 49.9 Å². The summed E-state index contributed by atoms with van der Waals surface area (Å²) in [4.78, 5) is 55.2. The van der Waals surface area contributed by atoms with Crippen LogP contribution in [0.4, 0.5) is 30.6 Å². The Morgan fingerprint density at radius 1 is 0.667 bits per heavy atom. The second-order valence-electron chi connectivity index (χ2n) is 14.5. The topological polar surface area (TPSA) is 212 Å². The van der Waals surface area contributed by atoms with Crippen molar-refractivity contribution in [2.45, 2.75) is 76.3 Å². The molecule has 3 heterocycles. The first-order valence-corrected chi connectivity index (χ1v) is 19.6. The maximum atomic E-state index is 13.4. The molecule has 3 atom stereocenters. The number of nitrogens with one attached hydrogen (secondary N) is 4. The highest BCUT2D eigenvalue weighted by Crippen LogP contribution is 2.28. The number of hydrogen-bond donors (Lipinski definition) is 6. The number of hydrogen-bond acceptors (Lipinski definition) is 10. The van der Waals surface area contributed by atoms with Crippen LogP contribution in [-0.4, -0.2) is 97.9 Å². The van der Waals surface area contributed by atoms with E-state index in [1.165, 1.54) is 0 Å². The SMILES string of the molecule is NCc1cccc(NC(=O)NC2CCN(C(=O)OC[C@H]3CCO[C@@H](OC(=O)N4CCC(NC(=O)Nc5cccc(CN)c5)CC4)C3OCc3ccccc3)CC2)c1. The van der Waals surface area contributed by atoms with Crippen molar-refractivity contribution >= 4 is 35.6 Å². The summed E-state index contributed by atoms with van der Waals surface area (Å²) in [6, 6.07) is 23.5. The highest BCUT2D eigenvalue weighted by atomic mass is 16.7. The Bertz CT molecular complexity index is 1790. The first-order chi connectivity index (χ1) is 27.8. The molecule has 16 nitrogen and oxygen atoms in total. The third kappa shape index (κ3) is 12.3. The Morgan fingerprint density at radius 3 is 1.74 bits per heavy atom. The highest BCUT2D eigenvalue weighted by Gasteiger charge is 2.40. The Hall–Kier alpha value is -5.42. The van der Waals surface area contributed by atoms with Gasteiger partial charge in [0.15, 0.2) is 0 Å². The van der Waals surface area contributed by atoms with Gasteiger partial charge in [-0.3, -0.25) is 0 Å². The van der Waals surface area contributed by atoms with Crippen LogP contribution in [0.2, 0.25) is 0 Å². The summed E-state index contributed by atoms with van der Waals surface area (Å²) in [7, 11) is 0. The zero-order chi connectivity index (χ0) is 40.0. The number of carbonyl (C=O) groups excluding carboxylic acids is 4. The van der Waals surface area contributed by atoms with E-state index in [2.05, 4.69) is 21.3 Å². The van der Waals surface area contributed by atoms with Gasteiger partial charge >= 0.3 is 24.2 Å². The number of ether oxygens (including phenoxy) is 4. The molecule has 57 heavy (non-hydrogen) atoms. The molecule has 3 aromatic carbocycles. The summed E-state index contributed by atoms with van der Waals surface area (Å²) in [6.45, 7) is 2.96. The maximum absolute atomic E-state index is 13.4. The van der Waals surface area contributed by atoms with E-state index >= 15 is 0 Å². The maximum Gasteiger partial charge on any atom is 0.412 e. The van der Waals surface area contributed by atoms with Crippen LogP contribution in [0, 0.1) is 5.92 Å². The quantitative estimate of drug-likeness (QED) is 0.149. The van der Waals surface area contributed by atoms with Crippen molar-refractivity contribution in [2.75, 3.05) is 50.0 Å². The Labute approximate surface area is 332 Å². The molecule has 3 aliphatic heterocycles. The molecule has 0 radical (unpaired) electrons. The molecular formula is C41H54N8O8. The van der Waals surface area contributed by atoms with E-state index in [0.717, 1.165) is 16.7 Å². The standard InChI is InChI=1S/C41H54N8O8/c42-24-29-8-4-10-34(22-29)46-38(50)44-32-12-17-48(18-13-32)40(52)56-27-31-16-21-54-37(36(31)55-26-28-6-2-1-3-7-28)57-41(53)49-19-14-33(15-20-49)45-39(51)47-35-11-5-9-30(23-35)25-43/h1-11,22-23,31-33,36-37H,12-21,24-27,42-43H2,(H2,44,46,50)(H2,45,47,51)/t31-,36?,37+/m1/s1. The number of rotatable bonds is 12. The van der Waals surface area contributed by atoms with Gasteiger partial charge in [-0.1, -0.05) is 54.6 Å². The lowest BCUT2D eigenvalue weighted by Crippen LogP contribution is -2.51. The number of piperidine rings is 2. The van der Waals surface area contributed by atoms with Gasteiger partial charge < -0.3 is 61.5 Å². The minimum atomic E-state index is -1.02. The lowest BCUT2D eigenvalue weighted by molar-refractivity contribution is -0.231. The fourth-order valence-electron chi connectivity index (χ4n) is 7.19. The van der Waals surface area contributed by atoms with E-state index in [9.17, 15) is 19.2 Å². The van der Waals surface area contributed by atoms with E-state index in [1.54, 1.807) is 21.9 Å². The minimum absolute atomic E-state index is 0.0494. The lowest BCUT2D eigenvalue weighted by Gasteiger charge is -2.39. The van der Waals surface area contributed by atoms with E-state index in [4.69, 9.17) is 30.4 Å². The van der Waals surface area contributed by atoms with Crippen LogP contribution in [0.3, 0.4) is 0 Å². The summed E-state index contributed by atoms with van der Waals surface area (Å²) >= 11 is 0. The number of benzene rings is 3. The number of urea groups is 2. The average molecular weight is 787 g/mol. The van der Waals surface area contributed by atoms with Gasteiger partial charge in [0.2, 0.25) is 6.29 Å². The monoisotopic (exact) mass is 786 g/mol. The van der Waals surface area contributed by atoms with Crippen LogP contribution in [0.25, 0.3) is 0 Å². The molecule has 8 N–H and O–H groups in total. The van der Waals surface area contributed by atoms with E-state index in [0.29, 0.717) is 82.7 Å². The number of likely N-dealkylation sites (tertiary alicyclic amines) is 2. The van der Waals surface area contributed by atoms with Crippen molar-refractivity contribution < 1.29 is 38.1 Å². The van der Waals surface area contributed by atoms with Gasteiger partial charge in [0.1, 0.15) is 6.10 Å².